The van der Waals surface area contributed by atoms with Gasteiger partial charge in [-0.3, -0.25) is 4.90 Å². The first-order chi connectivity index (χ1) is 14.2. The van der Waals surface area contributed by atoms with Gasteiger partial charge in [-0.15, -0.1) is 0 Å². The summed E-state index contributed by atoms with van der Waals surface area (Å²) in [6.45, 7) is 4.90. The number of ether oxygens (including phenoxy) is 2. The number of anilines is 1. The molecule has 6 heteroatoms. The highest BCUT2D eigenvalue weighted by Gasteiger charge is 2.21. The Hall–Kier alpha value is -2.73. The molecule has 4 rings (SSSR count). The number of nitrogens with zero attached hydrogens (tertiary/aromatic N) is 2. The van der Waals surface area contributed by atoms with E-state index in [4.69, 9.17) is 9.47 Å². The Bertz CT molecular complexity index is 832. The maximum absolute atomic E-state index is 12.8. The molecule has 29 heavy (non-hydrogen) atoms. The molecule has 2 aromatic rings. The molecule has 2 aliphatic rings. The third kappa shape index (κ3) is 5.01. The van der Waals surface area contributed by atoms with E-state index in [0.29, 0.717) is 19.7 Å². The van der Waals surface area contributed by atoms with E-state index in [9.17, 15) is 4.79 Å². The first-order valence-electron chi connectivity index (χ1n) is 10.4. The molecule has 1 fully saturated rings. The van der Waals surface area contributed by atoms with Gasteiger partial charge < -0.3 is 19.7 Å². The second kappa shape index (κ2) is 9.18. The second-order valence-corrected chi connectivity index (χ2v) is 7.71. The molecule has 6 nitrogen and oxygen atoms in total. The van der Waals surface area contributed by atoms with E-state index in [1.165, 1.54) is 37.9 Å². The number of fused-ring (bicyclic) bond motifs is 1. The molecule has 1 N–H and O–H groups in total. The van der Waals surface area contributed by atoms with Crippen LogP contribution in [0.1, 0.15) is 30.4 Å². The third-order valence-corrected chi connectivity index (χ3v) is 5.59. The van der Waals surface area contributed by atoms with Crippen LogP contribution in [0.4, 0.5) is 10.5 Å². The topological polar surface area (TPSA) is 54.0 Å². The minimum absolute atomic E-state index is 0.118. The van der Waals surface area contributed by atoms with E-state index in [1.54, 1.807) is 12.0 Å². The van der Waals surface area contributed by atoms with Gasteiger partial charge in [0.15, 0.2) is 0 Å². The number of likely N-dealkylation sites (tertiary alicyclic amines) is 1. The van der Waals surface area contributed by atoms with Gasteiger partial charge in [0.1, 0.15) is 18.1 Å². The van der Waals surface area contributed by atoms with Gasteiger partial charge in [0, 0.05) is 17.8 Å². The van der Waals surface area contributed by atoms with Crippen molar-refractivity contribution in [3.8, 4) is 11.5 Å². The standard InChI is InChI=1S/C23H29N3O3/c1-28-21-8-6-20(7-9-21)24-23(27)26-13-14-29-22-10-5-18(15-19(22)17-26)16-25-11-3-2-4-12-25/h5-10,15H,2-4,11-14,16-17H2,1H3,(H,24,27). The number of amides is 2. The van der Waals surface area contributed by atoms with Crippen molar-refractivity contribution in [3.63, 3.8) is 0 Å². The quantitative estimate of drug-likeness (QED) is 0.847. The van der Waals surface area contributed by atoms with Crippen molar-refractivity contribution in [1.82, 2.24) is 9.80 Å². The lowest BCUT2D eigenvalue weighted by atomic mass is 10.1. The maximum atomic E-state index is 12.8. The van der Waals surface area contributed by atoms with Gasteiger partial charge in [-0.05, 0) is 67.9 Å². The molecule has 0 unspecified atom stereocenters. The third-order valence-electron chi connectivity index (χ3n) is 5.59. The van der Waals surface area contributed by atoms with E-state index in [0.717, 1.165) is 29.3 Å². The van der Waals surface area contributed by atoms with Crippen LogP contribution in [0.15, 0.2) is 42.5 Å². The summed E-state index contributed by atoms with van der Waals surface area (Å²) in [5, 5.41) is 2.97. The zero-order valence-electron chi connectivity index (χ0n) is 17.0. The Labute approximate surface area is 172 Å². The number of piperidine rings is 1. The van der Waals surface area contributed by atoms with Gasteiger partial charge in [0.05, 0.1) is 20.2 Å². The first kappa shape index (κ1) is 19.6. The van der Waals surface area contributed by atoms with E-state index in [-0.39, 0.29) is 6.03 Å². The highest BCUT2D eigenvalue weighted by Crippen LogP contribution is 2.26. The number of benzene rings is 2. The summed E-state index contributed by atoms with van der Waals surface area (Å²) in [5.41, 5.74) is 3.11. The van der Waals surface area contributed by atoms with Crippen LogP contribution >= 0.6 is 0 Å². The molecule has 1 saturated heterocycles. The Balaban J connectivity index is 1.43. The van der Waals surface area contributed by atoms with Crippen LogP contribution in [0, 0.1) is 0 Å². The van der Waals surface area contributed by atoms with Crippen LogP contribution in [0.3, 0.4) is 0 Å². The molecular formula is C23H29N3O3. The average Bonchev–Trinajstić information content (AvgIpc) is 2.97. The molecule has 0 spiro atoms. The summed E-state index contributed by atoms with van der Waals surface area (Å²) in [5.74, 6) is 1.65. The number of nitrogens with one attached hydrogen (secondary N) is 1. The lowest BCUT2D eigenvalue weighted by Crippen LogP contribution is -2.36. The Morgan fingerprint density at radius 2 is 1.86 bits per heavy atom. The molecule has 0 aromatic heterocycles. The summed E-state index contributed by atoms with van der Waals surface area (Å²) >= 11 is 0. The van der Waals surface area contributed by atoms with Crippen LogP contribution in [-0.2, 0) is 13.1 Å². The number of urea groups is 1. The zero-order chi connectivity index (χ0) is 20.1. The largest absolute Gasteiger partial charge is 0.497 e. The molecule has 154 valence electrons. The fraction of sp³-hybridized carbons (Fsp3) is 0.435. The normalized spacial score (nSPS) is 17.1. The zero-order valence-corrected chi connectivity index (χ0v) is 17.0. The number of carbonyl (C=O) groups excluding carboxylic acids is 1. The summed E-state index contributed by atoms with van der Waals surface area (Å²) in [4.78, 5) is 17.1. The van der Waals surface area contributed by atoms with Crippen LogP contribution < -0.4 is 14.8 Å². The molecule has 0 bridgehead atoms. The van der Waals surface area contributed by atoms with E-state index in [2.05, 4.69) is 28.4 Å². The molecule has 0 atom stereocenters. The number of hydrogen-bond acceptors (Lipinski definition) is 4. The predicted octanol–water partition coefficient (Wildman–Crippen LogP) is 4.11. The fourth-order valence-electron chi connectivity index (χ4n) is 3.97. The number of hydrogen-bond donors (Lipinski definition) is 1. The summed E-state index contributed by atoms with van der Waals surface area (Å²) in [6, 6.07) is 13.6. The Morgan fingerprint density at radius 1 is 1.07 bits per heavy atom. The van der Waals surface area contributed by atoms with Gasteiger partial charge in [0.25, 0.3) is 0 Å². The lowest BCUT2D eigenvalue weighted by molar-refractivity contribution is 0.200. The summed E-state index contributed by atoms with van der Waals surface area (Å²) in [6.07, 6.45) is 3.91. The molecule has 0 aliphatic carbocycles. The number of methoxy groups -OCH3 is 1. The van der Waals surface area contributed by atoms with Gasteiger partial charge in [-0.1, -0.05) is 12.5 Å². The van der Waals surface area contributed by atoms with Crippen LogP contribution in [0.25, 0.3) is 0 Å². The first-order valence-corrected chi connectivity index (χ1v) is 10.4. The van der Waals surface area contributed by atoms with Crippen LogP contribution in [0.5, 0.6) is 11.5 Å². The van der Waals surface area contributed by atoms with Crippen molar-refractivity contribution in [2.24, 2.45) is 0 Å². The predicted molar refractivity (Wildman–Crippen MR) is 113 cm³/mol. The average molecular weight is 396 g/mol. The van der Waals surface area contributed by atoms with Crippen molar-refractivity contribution in [2.75, 3.05) is 38.7 Å². The summed E-state index contributed by atoms with van der Waals surface area (Å²) in [7, 11) is 1.63. The summed E-state index contributed by atoms with van der Waals surface area (Å²) < 4.78 is 11.1. The minimum Gasteiger partial charge on any atom is -0.497 e. The molecule has 0 radical (unpaired) electrons. The molecule has 0 saturated carbocycles. The SMILES string of the molecule is COc1ccc(NC(=O)N2CCOc3ccc(CN4CCCCC4)cc3C2)cc1. The van der Waals surface area contributed by atoms with Crippen LogP contribution in [0.2, 0.25) is 0 Å². The maximum Gasteiger partial charge on any atom is 0.322 e. The lowest BCUT2D eigenvalue weighted by Gasteiger charge is -2.26. The monoisotopic (exact) mass is 395 g/mol. The Morgan fingerprint density at radius 3 is 2.62 bits per heavy atom. The molecule has 2 amide bonds. The Kier molecular flexibility index (Phi) is 6.20. The van der Waals surface area contributed by atoms with Crippen molar-refractivity contribution in [2.45, 2.75) is 32.4 Å². The highest BCUT2D eigenvalue weighted by molar-refractivity contribution is 5.89. The van der Waals surface area contributed by atoms with Crippen molar-refractivity contribution in [1.29, 1.82) is 0 Å². The van der Waals surface area contributed by atoms with Crippen molar-refractivity contribution >= 4 is 11.7 Å². The van der Waals surface area contributed by atoms with Gasteiger partial charge in [-0.25, -0.2) is 4.79 Å². The van der Waals surface area contributed by atoms with Crippen molar-refractivity contribution < 1.29 is 14.3 Å². The smallest absolute Gasteiger partial charge is 0.322 e. The van der Waals surface area contributed by atoms with Gasteiger partial charge in [-0.2, -0.15) is 0 Å². The van der Waals surface area contributed by atoms with E-state index >= 15 is 0 Å². The highest BCUT2D eigenvalue weighted by atomic mass is 16.5. The molecule has 2 aliphatic heterocycles. The molecular weight excluding hydrogens is 366 g/mol. The van der Waals surface area contributed by atoms with Gasteiger partial charge >= 0.3 is 6.03 Å². The van der Waals surface area contributed by atoms with E-state index in [1.807, 2.05) is 24.3 Å². The van der Waals surface area contributed by atoms with E-state index < -0.39 is 0 Å². The minimum atomic E-state index is -0.118. The number of rotatable bonds is 4. The molecule has 2 aromatic carbocycles. The fourth-order valence-corrected chi connectivity index (χ4v) is 3.97. The molecule has 2 heterocycles. The van der Waals surface area contributed by atoms with Crippen molar-refractivity contribution in [3.05, 3.63) is 53.6 Å². The van der Waals surface area contributed by atoms with Crippen LogP contribution in [-0.4, -0.2) is 49.2 Å². The second-order valence-electron chi connectivity index (χ2n) is 7.71. The number of carbonyl (C=O) groups is 1. The van der Waals surface area contributed by atoms with Gasteiger partial charge in [0.2, 0.25) is 0 Å².